The van der Waals surface area contributed by atoms with Crippen molar-refractivity contribution in [3.05, 3.63) is 40.4 Å². The van der Waals surface area contributed by atoms with Crippen molar-refractivity contribution < 1.29 is 4.83 Å². The van der Waals surface area contributed by atoms with Gasteiger partial charge in [0.25, 0.3) is 0 Å². The third-order valence-corrected chi connectivity index (χ3v) is 1.15. The molecule has 1 rings (SSSR count). The van der Waals surface area contributed by atoms with Gasteiger partial charge in [-0.25, -0.2) is 0 Å². The quantitative estimate of drug-likeness (QED) is 0.324. The molecule has 0 saturated carbocycles. The van der Waals surface area contributed by atoms with Crippen molar-refractivity contribution in [2.45, 2.75) is 0 Å². The Balaban J connectivity index is 2.67. The van der Waals surface area contributed by atoms with E-state index in [9.17, 15) is 10.1 Å². The van der Waals surface area contributed by atoms with Crippen molar-refractivity contribution in [2.24, 2.45) is 0 Å². The number of rotatable bonds is 2. The normalized spacial score (nSPS) is 8.80. The molecule has 0 saturated heterocycles. The molecule has 50 valence electrons. The third kappa shape index (κ3) is 1.89. The smallest absolute Gasteiger partial charge is 0.294 e. The molecule has 0 atom stereocenters. The molecule has 10 heavy (non-hydrogen) atoms. The molecule has 0 bridgehead atoms. The Kier molecular flexibility index (Phi) is 2.05. The highest BCUT2D eigenvalue weighted by molar-refractivity contribution is 6.45. The van der Waals surface area contributed by atoms with Crippen molar-refractivity contribution in [1.82, 2.24) is 0 Å². The zero-order valence-electron chi connectivity index (χ0n) is 5.36. The molecule has 0 aliphatic rings. The Labute approximate surface area is 59.1 Å². The van der Waals surface area contributed by atoms with Crippen LogP contribution in [0.15, 0.2) is 30.3 Å². The zero-order valence-corrected chi connectivity index (χ0v) is 5.36. The van der Waals surface area contributed by atoms with Crippen LogP contribution >= 0.6 is 0 Å². The van der Waals surface area contributed by atoms with Crippen LogP contribution in [0.2, 0.25) is 0 Å². The van der Waals surface area contributed by atoms with E-state index in [0.29, 0.717) is 0 Å². The number of nitrogens with zero attached hydrogens (tertiary/aromatic N) is 1. The highest BCUT2D eigenvalue weighted by Gasteiger charge is 2.05. The van der Waals surface area contributed by atoms with Crippen LogP contribution in [0.1, 0.15) is 0 Å². The van der Waals surface area contributed by atoms with Crippen molar-refractivity contribution in [3.8, 4) is 0 Å². The standard InChI is InChI=1S/C6H6BNO2/c9-8(10)7-6-4-2-1-3-5-6/h1-5,7H. The molecule has 1 aromatic rings. The first-order valence-corrected chi connectivity index (χ1v) is 2.95. The summed E-state index contributed by atoms with van der Waals surface area (Å²) in [6.45, 7) is 0. The lowest BCUT2D eigenvalue weighted by molar-refractivity contribution is -0.318. The monoisotopic (exact) mass is 135 g/mol. The molecule has 1 aromatic carbocycles. The summed E-state index contributed by atoms with van der Waals surface area (Å²) in [5, 5.41) is 9.97. The molecule has 4 heteroatoms. The Hall–Kier alpha value is -1.32. The van der Waals surface area contributed by atoms with Gasteiger partial charge in [0.1, 0.15) is 0 Å². The Morgan fingerprint density at radius 1 is 1.30 bits per heavy atom. The van der Waals surface area contributed by atoms with Crippen LogP contribution in [-0.2, 0) is 0 Å². The van der Waals surface area contributed by atoms with Crippen LogP contribution in [0.4, 0.5) is 0 Å². The summed E-state index contributed by atoms with van der Waals surface area (Å²) >= 11 is 0. The maximum absolute atomic E-state index is 9.97. The minimum atomic E-state index is -0.338. The van der Waals surface area contributed by atoms with Crippen LogP contribution in [-0.4, -0.2) is 12.2 Å². The third-order valence-electron chi connectivity index (χ3n) is 1.15. The van der Waals surface area contributed by atoms with Gasteiger partial charge >= 0.3 is 7.41 Å². The second-order valence-corrected chi connectivity index (χ2v) is 1.98. The Morgan fingerprint density at radius 3 is 2.40 bits per heavy atom. The van der Waals surface area contributed by atoms with Crippen LogP contribution in [0.25, 0.3) is 0 Å². The van der Waals surface area contributed by atoms with Gasteiger partial charge in [-0.1, -0.05) is 35.2 Å². The van der Waals surface area contributed by atoms with E-state index in [-0.39, 0.29) is 12.2 Å². The fraction of sp³-hybridized carbons (Fsp3) is 0. The highest BCUT2D eigenvalue weighted by Crippen LogP contribution is 1.80. The number of nitro groups is 1. The lowest BCUT2D eigenvalue weighted by Crippen LogP contribution is -2.21. The van der Waals surface area contributed by atoms with Gasteiger partial charge in [0, 0.05) is 0 Å². The van der Waals surface area contributed by atoms with Gasteiger partial charge in [0.05, 0.1) is 0 Å². The molecular formula is C6H6BNO2. The van der Waals surface area contributed by atoms with Crippen molar-refractivity contribution in [2.75, 3.05) is 0 Å². The van der Waals surface area contributed by atoms with Crippen LogP contribution in [0.3, 0.4) is 0 Å². The van der Waals surface area contributed by atoms with Gasteiger partial charge in [-0.05, 0) is 5.46 Å². The Bertz CT molecular complexity index is 224. The summed E-state index contributed by atoms with van der Waals surface area (Å²) in [5.74, 6) is 0. The average molecular weight is 135 g/mol. The molecule has 3 nitrogen and oxygen atoms in total. The van der Waals surface area contributed by atoms with E-state index >= 15 is 0 Å². The molecule has 0 spiro atoms. The maximum Gasteiger partial charge on any atom is 0.567 e. The highest BCUT2D eigenvalue weighted by atomic mass is 16.6. The fourth-order valence-corrected chi connectivity index (χ4v) is 0.732. The first-order chi connectivity index (χ1) is 4.79. The number of hydrogen-bond acceptors (Lipinski definition) is 2. The van der Waals surface area contributed by atoms with E-state index in [0.717, 1.165) is 5.46 Å². The van der Waals surface area contributed by atoms with Crippen molar-refractivity contribution >= 4 is 12.9 Å². The van der Waals surface area contributed by atoms with Gasteiger partial charge in [-0.15, -0.1) is 0 Å². The van der Waals surface area contributed by atoms with Crippen LogP contribution in [0.5, 0.6) is 0 Å². The average Bonchev–Trinajstić information content (AvgIpc) is 1.88. The van der Waals surface area contributed by atoms with E-state index in [1.54, 1.807) is 24.3 Å². The van der Waals surface area contributed by atoms with E-state index in [1.165, 1.54) is 0 Å². The van der Waals surface area contributed by atoms with Crippen LogP contribution < -0.4 is 5.46 Å². The fourth-order valence-electron chi connectivity index (χ4n) is 0.732. The first kappa shape index (κ1) is 6.80. The molecule has 0 aliphatic heterocycles. The molecule has 0 aliphatic carbocycles. The van der Waals surface area contributed by atoms with Gasteiger partial charge < -0.3 is 0 Å². The summed E-state index contributed by atoms with van der Waals surface area (Å²) < 4.78 is 0. The summed E-state index contributed by atoms with van der Waals surface area (Å²) in [6, 6.07) is 8.90. The second-order valence-electron chi connectivity index (χ2n) is 1.98. The van der Waals surface area contributed by atoms with E-state index in [2.05, 4.69) is 0 Å². The van der Waals surface area contributed by atoms with E-state index < -0.39 is 0 Å². The summed E-state index contributed by atoms with van der Waals surface area (Å²) in [7, 11) is -0.0825. The first-order valence-electron chi connectivity index (χ1n) is 2.95. The molecule has 0 fully saturated rings. The number of benzene rings is 1. The predicted octanol–water partition coefficient (Wildman–Crippen LogP) is -0.0599. The largest absolute Gasteiger partial charge is 0.567 e. The van der Waals surface area contributed by atoms with E-state index in [1.807, 2.05) is 6.07 Å². The molecule has 0 aromatic heterocycles. The Morgan fingerprint density at radius 2 is 1.90 bits per heavy atom. The topological polar surface area (TPSA) is 43.1 Å². The lowest BCUT2D eigenvalue weighted by Gasteiger charge is -1.88. The summed E-state index contributed by atoms with van der Waals surface area (Å²) in [5.41, 5.74) is 0.743. The van der Waals surface area contributed by atoms with Gasteiger partial charge in [-0.2, -0.15) is 0 Å². The van der Waals surface area contributed by atoms with Crippen molar-refractivity contribution in [1.29, 1.82) is 0 Å². The molecule has 0 N–H and O–H groups in total. The molecule has 0 heterocycles. The minimum Gasteiger partial charge on any atom is -0.294 e. The zero-order chi connectivity index (χ0) is 7.40. The SMILES string of the molecule is O=[N+]([O-])Bc1ccccc1. The van der Waals surface area contributed by atoms with Crippen molar-refractivity contribution in [3.63, 3.8) is 0 Å². The lowest BCUT2D eigenvalue weighted by atomic mass is 9.84. The minimum absolute atomic E-state index is 0.0825. The molecule has 0 amide bonds. The molecular weight excluding hydrogens is 129 g/mol. The maximum atomic E-state index is 9.97. The predicted molar refractivity (Wildman–Crippen MR) is 40.2 cm³/mol. The van der Waals surface area contributed by atoms with E-state index in [4.69, 9.17) is 0 Å². The van der Waals surface area contributed by atoms with Crippen LogP contribution in [0, 0.1) is 10.1 Å². The number of hydrogen-bond donors (Lipinski definition) is 0. The van der Waals surface area contributed by atoms with Gasteiger partial charge in [0.2, 0.25) is 0 Å². The molecule has 0 radical (unpaired) electrons. The summed E-state index contributed by atoms with van der Waals surface area (Å²) in [4.78, 5) is 9.64. The molecule has 0 unspecified atom stereocenters. The second kappa shape index (κ2) is 3.01. The van der Waals surface area contributed by atoms with Gasteiger partial charge in [0.15, 0.2) is 0 Å². The van der Waals surface area contributed by atoms with Gasteiger partial charge in [-0.3, -0.25) is 10.1 Å². The summed E-state index contributed by atoms with van der Waals surface area (Å²) in [6.07, 6.45) is 0.